The molecule has 0 spiro atoms. The van der Waals surface area contributed by atoms with Crippen LogP contribution in [-0.2, 0) is 0 Å². The first-order chi connectivity index (χ1) is 12.8. The molecular weight excluding hydrogens is 336 g/mol. The first-order valence-corrected chi connectivity index (χ1v) is 11.8. The van der Waals surface area contributed by atoms with Crippen molar-refractivity contribution >= 4 is 0 Å². The van der Waals surface area contributed by atoms with Crippen molar-refractivity contribution in [2.75, 3.05) is 6.61 Å². The van der Waals surface area contributed by atoms with Gasteiger partial charge in [0.15, 0.2) is 0 Å². The maximum atomic E-state index is 11.3. The van der Waals surface area contributed by atoms with E-state index in [0.717, 1.165) is 44.4 Å². The van der Waals surface area contributed by atoms with Crippen molar-refractivity contribution in [1.82, 2.24) is 0 Å². The van der Waals surface area contributed by atoms with Crippen molar-refractivity contribution in [3.8, 4) is 0 Å². The maximum absolute atomic E-state index is 11.3. The van der Waals surface area contributed by atoms with Crippen molar-refractivity contribution in [3.63, 3.8) is 0 Å². The van der Waals surface area contributed by atoms with E-state index in [9.17, 15) is 15.3 Å². The molecule has 3 N–H and O–H groups in total. The van der Waals surface area contributed by atoms with E-state index in [0.29, 0.717) is 47.0 Å². The molecule has 27 heavy (non-hydrogen) atoms. The summed E-state index contributed by atoms with van der Waals surface area (Å²) in [6.45, 7) is 7.74. The molecule has 4 aliphatic carbocycles. The predicted octanol–water partition coefficient (Wildman–Crippen LogP) is 4.39. The summed E-state index contributed by atoms with van der Waals surface area (Å²) in [4.78, 5) is 0. The Balaban J connectivity index is 1.57. The second-order valence-electron chi connectivity index (χ2n) is 11.3. The van der Waals surface area contributed by atoms with Crippen LogP contribution in [0.25, 0.3) is 0 Å². The molecule has 0 saturated heterocycles. The van der Waals surface area contributed by atoms with Crippen molar-refractivity contribution in [3.05, 3.63) is 0 Å². The monoisotopic (exact) mass is 378 g/mol. The quantitative estimate of drug-likeness (QED) is 0.680. The highest BCUT2D eigenvalue weighted by Crippen LogP contribution is 2.68. The van der Waals surface area contributed by atoms with E-state index in [1.807, 2.05) is 0 Å². The predicted molar refractivity (Wildman–Crippen MR) is 108 cm³/mol. The summed E-state index contributed by atoms with van der Waals surface area (Å²) in [5, 5.41) is 30.7. The minimum absolute atomic E-state index is 0.149. The van der Waals surface area contributed by atoms with Gasteiger partial charge in [0.25, 0.3) is 0 Å². The molecule has 0 aliphatic heterocycles. The van der Waals surface area contributed by atoms with Crippen molar-refractivity contribution in [2.45, 2.75) is 97.2 Å². The van der Waals surface area contributed by atoms with Gasteiger partial charge >= 0.3 is 0 Å². The van der Waals surface area contributed by atoms with Crippen LogP contribution < -0.4 is 0 Å². The summed E-state index contributed by atoms with van der Waals surface area (Å²) in [6.07, 6.45) is 10.8. The van der Waals surface area contributed by atoms with E-state index in [1.165, 1.54) is 25.7 Å². The third kappa shape index (κ3) is 3.11. The fourth-order valence-electron chi connectivity index (χ4n) is 8.79. The molecule has 10 atom stereocenters. The molecule has 4 rings (SSSR count). The zero-order chi connectivity index (χ0) is 19.4. The Morgan fingerprint density at radius 1 is 0.926 bits per heavy atom. The summed E-state index contributed by atoms with van der Waals surface area (Å²) in [6, 6.07) is 0. The lowest BCUT2D eigenvalue weighted by Gasteiger charge is -2.62. The molecular formula is C24H42O3. The lowest BCUT2D eigenvalue weighted by molar-refractivity contribution is -0.174. The molecule has 0 unspecified atom stereocenters. The molecule has 0 amide bonds. The molecule has 0 bridgehead atoms. The Kier molecular flexibility index (Phi) is 5.44. The van der Waals surface area contributed by atoms with Gasteiger partial charge in [-0.25, -0.2) is 0 Å². The SMILES string of the molecule is C[C@H](CCCO)[C@H]1CC[C@H]2[C@@H]3[C@@H](O)C[C@@H]4C[C@H](O)CC[C@]4(C)[C@H]3CC[C@]12C. The van der Waals surface area contributed by atoms with Gasteiger partial charge in [-0.1, -0.05) is 20.8 Å². The fraction of sp³-hybridized carbons (Fsp3) is 1.00. The molecule has 0 radical (unpaired) electrons. The van der Waals surface area contributed by atoms with Crippen LogP contribution in [0, 0.1) is 46.3 Å². The van der Waals surface area contributed by atoms with Gasteiger partial charge < -0.3 is 15.3 Å². The summed E-state index contributed by atoms with van der Waals surface area (Å²) < 4.78 is 0. The van der Waals surface area contributed by atoms with Gasteiger partial charge in [0, 0.05) is 6.61 Å². The van der Waals surface area contributed by atoms with Crippen molar-refractivity contribution in [2.24, 2.45) is 46.3 Å². The van der Waals surface area contributed by atoms with E-state index >= 15 is 0 Å². The summed E-state index contributed by atoms with van der Waals surface area (Å²) in [5.74, 6) is 3.71. The first-order valence-electron chi connectivity index (χ1n) is 11.8. The Bertz CT molecular complexity index is 536. The van der Waals surface area contributed by atoms with Gasteiger partial charge in [0.1, 0.15) is 0 Å². The molecule has 0 aromatic carbocycles. The van der Waals surface area contributed by atoms with Gasteiger partial charge in [-0.15, -0.1) is 0 Å². The van der Waals surface area contributed by atoms with Crippen LogP contribution in [0.1, 0.15) is 85.0 Å². The zero-order valence-corrected chi connectivity index (χ0v) is 17.7. The number of hydrogen-bond acceptors (Lipinski definition) is 3. The molecule has 0 heterocycles. The summed E-state index contributed by atoms with van der Waals surface area (Å²) in [5.41, 5.74) is 0.694. The molecule has 3 nitrogen and oxygen atoms in total. The third-order valence-electron chi connectivity index (χ3n) is 10.2. The number of aliphatic hydroxyl groups excluding tert-OH is 3. The Morgan fingerprint density at radius 2 is 1.63 bits per heavy atom. The van der Waals surface area contributed by atoms with E-state index < -0.39 is 0 Å². The van der Waals surface area contributed by atoms with E-state index in [-0.39, 0.29) is 12.2 Å². The number of hydrogen-bond donors (Lipinski definition) is 3. The smallest absolute Gasteiger partial charge is 0.0577 e. The van der Waals surface area contributed by atoms with Crippen molar-refractivity contribution in [1.29, 1.82) is 0 Å². The van der Waals surface area contributed by atoms with Crippen LogP contribution >= 0.6 is 0 Å². The second kappa shape index (κ2) is 7.29. The van der Waals surface area contributed by atoms with Gasteiger partial charge in [0.05, 0.1) is 12.2 Å². The number of fused-ring (bicyclic) bond motifs is 5. The molecule has 4 aliphatic rings. The maximum Gasteiger partial charge on any atom is 0.0577 e. The summed E-state index contributed by atoms with van der Waals surface area (Å²) >= 11 is 0. The third-order valence-corrected chi connectivity index (χ3v) is 10.2. The molecule has 0 aromatic heterocycles. The van der Waals surface area contributed by atoms with E-state index in [2.05, 4.69) is 20.8 Å². The van der Waals surface area contributed by atoms with Crippen LogP contribution in [0.2, 0.25) is 0 Å². The Labute approximate surface area is 165 Å². The van der Waals surface area contributed by atoms with Crippen LogP contribution in [0.4, 0.5) is 0 Å². The average Bonchev–Trinajstić information content (AvgIpc) is 2.98. The lowest BCUT2D eigenvalue weighted by Crippen LogP contribution is -2.58. The molecule has 4 saturated carbocycles. The van der Waals surface area contributed by atoms with Crippen molar-refractivity contribution < 1.29 is 15.3 Å². The van der Waals surface area contributed by atoms with Gasteiger partial charge in [0.2, 0.25) is 0 Å². The van der Waals surface area contributed by atoms with Gasteiger partial charge in [-0.05, 0) is 111 Å². The molecule has 3 heteroatoms. The fourth-order valence-corrected chi connectivity index (χ4v) is 8.79. The Hall–Kier alpha value is -0.120. The average molecular weight is 379 g/mol. The largest absolute Gasteiger partial charge is 0.396 e. The van der Waals surface area contributed by atoms with E-state index in [1.54, 1.807) is 0 Å². The molecule has 4 fully saturated rings. The van der Waals surface area contributed by atoms with Crippen LogP contribution in [0.3, 0.4) is 0 Å². The first kappa shape index (κ1) is 20.2. The molecule has 0 aromatic rings. The highest BCUT2D eigenvalue weighted by Gasteiger charge is 2.62. The second-order valence-corrected chi connectivity index (χ2v) is 11.3. The molecule has 156 valence electrons. The minimum atomic E-state index is -0.172. The van der Waals surface area contributed by atoms with Gasteiger partial charge in [-0.3, -0.25) is 0 Å². The normalized spacial score (nSPS) is 53.3. The topological polar surface area (TPSA) is 60.7 Å². The van der Waals surface area contributed by atoms with Crippen LogP contribution in [-0.4, -0.2) is 34.1 Å². The Morgan fingerprint density at radius 3 is 2.37 bits per heavy atom. The summed E-state index contributed by atoms with van der Waals surface area (Å²) in [7, 11) is 0. The van der Waals surface area contributed by atoms with Crippen LogP contribution in [0.15, 0.2) is 0 Å². The standard InChI is InChI=1S/C24H42O3/c1-15(5-4-12-25)18-6-7-19-22-20(9-11-24(18,19)3)23(2)10-8-17(26)13-16(23)14-21(22)27/h15-22,25-27H,4-14H2,1-3H3/t15-,16+,17-,18-,19+,20+,21+,22+,23+,24-/m1/s1. The van der Waals surface area contributed by atoms with E-state index in [4.69, 9.17) is 0 Å². The zero-order valence-electron chi connectivity index (χ0n) is 17.7. The van der Waals surface area contributed by atoms with Gasteiger partial charge in [-0.2, -0.15) is 0 Å². The van der Waals surface area contributed by atoms with Crippen LogP contribution in [0.5, 0.6) is 0 Å². The highest BCUT2D eigenvalue weighted by atomic mass is 16.3. The number of aliphatic hydroxyl groups is 3. The highest BCUT2D eigenvalue weighted by molar-refractivity contribution is 5.11. The minimum Gasteiger partial charge on any atom is -0.396 e. The lowest BCUT2D eigenvalue weighted by atomic mass is 9.43. The number of rotatable bonds is 4.